The van der Waals surface area contributed by atoms with Gasteiger partial charge in [-0.15, -0.1) is 8.78 Å². The summed E-state index contributed by atoms with van der Waals surface area (Å²) in [4.78, 5) is 4.06. The van der Waals surface area contributed by atoms with Crippen LogP contribution in [-0.2, 0) is 10.8 Å². The summed E-state index contributed by atoms with van der Waals surface area (Å²) in [6, 6.07) is 6.92. The lowest BCUT2D eigenvalue weighted by Gasteiger charge is -2.30. The molecule has 1 aliphatic rings. The van der Waals surface area contributed by atoms with Gasteiger partial charge in [0.25, 0.3) is 0 Å². The average molecular weight is 299 g/mol. The Morgan fingerprint density at radius 1 is 1.05 bits per heavy atom. The molecular weight excluding hydrogens is 290 g/mol. The highest BCUT2D eigenvalue weighted by Gasteiger charge is 2.54. The molecule has 110 valence electrons. The summed E-state index contributed by atoms with van der Waals surface area (Å²) >= 11 is 0. The number of alkyl halides is 4. The second-order valence-corrected chi connectivity index (χ2v) is 4.61. The number of ether oxygens (including phenoxy) is 2. The number of hydrogen-bond donors (Lipinski definition) is 0. The van der Waals surface area contributed by atoms with Crippen molar-refractivity contribution < 1.29 is 27.0 Å². The van der Waals surface area contributed by atoms with Crippen LogP contribution in [-0.4, -0.2) is 11.3 Å². The molecule has 0 saturated carbocycles. The van der Waals surface area contributed by atoms with Gasteiger partial charge >= 0.3 is 12.4 Å². The zero-order valence-corrected chi connectivity index (χ0v) is 10.7. The Morgan fingerprint density at radius 3 is 2.52 bits per heavy atom. The quantitative estimate of drug-likeness (QED) is 0.744. The maximum Gasteiger partial charge on any atom is 0.540 e. The molecule has 2 heterocycles. The van der Waals surface area contributed by atoms with E-state index in [2.05, 4.69) is 14.5 Å². The van der Waals surface area contributed by atoms with Crippen LogP contribution in [0.1, 0.15) is 11.1 Å². The first-order chi connectivity index (χ1) is 9.77. The van der Waals surface area contributed by atoms with E-state index in [-0.39, 0.29) is 0 Å². The smallest absolute Gasteiger partial charge is 0.409 e. The van der Waals surface area contributed by atoms with E-state index < -0.39 is 23.7 Å². The lowest BCUT2D eigenvalue weighted by molar-refractivity contribution is -0.461. The number of hydrogen-bond acceptors (Lipinski definition) is 3. The van der Waals surface area contributed by atoms with Gasteiger partial charge in [0, 0.05) is 11.8 Å². The van der Waals surface area contributed by atoms with Crippen molar-refractivity contribution in [3.05, 3.63) is 47.7 Å². The molecule has 0 aliphatic carbocycles. The zero-order chi connectivity index (χ0) is 15.3. The van der Waals surface area contributed by atoms with Crippen LogP contribution >= 0.6 is 0 Å². The number of aryl methyl sites for hydroxylation is 1. The third-order valence-electron chi connectivity index (χ3n) is 2.98. The van der Waals surface area contributed by atoms with Crippen LogP contribution in [0.4, 0.5) is 17.6 Å². The molecule has 1 aliphatic heterocycles. The molecule has 0 bridgehead atoms. The fourth-order valence-electron chi connectivity index (χ4n) is 2.05. The molecule has 0 atom stereocenters. The van der Waals surface area contributed by atoms with E-state index in [1.165, 1.54) is 12.3 Å². The van der Waals surface area contributed by atoms with Gasteiger partial charge in [-0.05, 0) is 42.8 Å². The minimum Gasteiger partial charge on any atom is -0.409 e. The fraction of sp³-hybridized carbons (Fsp3) is 0.214. The van der Waals surface area contributed by atoms with Gasteiger partial charge in [0.2, 0.25) is 0 Å². The highest BCUT2D eigenvalue weighted by molar-refractivity contribution is 5.63. The Kier molecular flexibility index (Phi) is 2.91. The first-order valence-corrected chi connectivity index (χ1v) is 5.99. The van der Waals surface area contributed by atoms with Gasteiger partial charge in [0.05, 0.1) is 11.3 Å². The summed E-state index contributed by atoms with van der Waals surface area (Å²) in [6.07, 6.45) is -6.97. The van der Waals surface area contributed by atoms with Crippen molar-refractivity contribution in [3.63, 3.8) is 0 Å². The van der Waals surface area contributed by atoms with Crippen molar-refractivity contribution in [2.45, 2.75) is 19.3 Å². The van der Waals surface area contributed by atoms with E-state index in [4.69, 9.17) is 0 Å². The molecule has 0 fully saturated rings. The van der Waals surface area contributed by atoms with Gasteiger partial charge in [-0.25, -0.2) is 4.74 Å². The lowest BCUT2D eigenvalue weighted by atomic mass is 10.0. The monoisotopic (exact) mass is 299 g/mol. The minimum atomic E-state index is -4.36. The normalized spacial score (nSPS) is 18.7. The molecule has 1 aromatic heterocycles. The van der Waals surface area contributed by atoms with E-state index in [9.17, 15) is 17.6 Å². The Labute approximate surface area is 117 Å². The Hall–Kier alpha value is -2.15. The summed E-state index contributed by atoms with van der Waals surface area (Å²) in [5.41, 5.74) is 0.943. The van der Waals surface area contributed by atoms with Crippen molar-refractivity contribution in [2.24, 2.45) is 0 Å². The Bertz CT molecular complexity index is 703. The predicted octanol–water partition coefficient (Wildman–Crippen LogP) is 4.07. The molecule has 2 aromatic rings. The summed E-state index contributed by atoms with van der Waals surface area (Å²) in [5, 5.41) is 0. The number of fused-ring (bicyclic) bond motifs is 1. The second kappa shape index (κ2) is 4.42. The van der Waals surface area contributed by atoms with Crippen LogP contribution in [0.3, 0.4) is 0 Å². The van der Waals surface area contributed by atoms with E-state index in [0.29, 0.717) is 11.3 Å². The molecule has 21 heavy (non-hydrogen) atoms. The number of rotatable bonds is 1. The van der Waals surface area contributed by atoms with Crippen molar-refractivity contribution in [1.29, 1.82) is 0 Å². The summed E-state index contributed by atoms with van der Waals surface area (Å²) in [5.74, 6) is -0.618. The largest absolute Gasteiger partial charge is 0.540 e. The van der Waals surface area contributed by atoms with Crippen molar-refractivity contribution >= 4 is 0 Å². The number of benzene rings is 1. The molecule has 0 N–H and O–H groups in total. The maximum absolute atomic E-state index is 13.7. The zero-order valence-electron chi connectivity index (χ0n) is 10.7. The number of nitrogens with zero attached hydrogens (tertiary/aromatic N) is 1. The lowest BCUT2D eigenvalue weighted by Crippen LogP contribution is -2.41. The molecule has 0 amide bonds. The van der Waals surface area contributed by atoms with Crippen molar-refractivity contribution in [1.82, 2.24) is 4.98 Å². The minimum absolute atomic E-state index is 0.356. The van der Waals surface area contributed by atoms with Crippen molar-refractivity contribution in [2.75, 3.05) is 0 Å². The van der Waals surface area contributed by atoms with Crippen LogP contribution in [0, 0.1) is 6.92 Å². The van der Waals surface area contributed by atoms with E-state index in [1.54, 1.807) is 12.1 Å². The first-order valence-electron chi connectivity index (χ1n) is 5.99. The van der Waals surface area contributed by atoms with Crippen LogP contribution in [0.5, 0.6) is 5.75 Å². The van der Waals surface area contributed by atoms with Crippen molar-refractivity contribution in [3.8, 4) is 17.0 Å². The van der Waals surface area contributed by atoms with Gasteiger partial charge in [-0.1, -0.05) is 0 Å². The molecular formula is C14H9F4NO2. The molecule has 0 unspecified atom stereocenters. The van der Waals surface area contributed by atoms with Crippen LogP contribution in [0.15, 0.2) is 36.5 Å². The Morgan fingerprint density at radius 2 is 1.81 bits per heavy atom. The average Bonchev–Trinajstić information content (AvgIpc) is 2.36. The molecule has 3 nitrogen and oxygen atoms in total. The van der Waals surface area contributed by atoms with E-state index >= 15 is 0 Å². The molecule has 1 aromatic carbocycles. The van der Waals surface area contributed by atoms with E-state index in [0.717, 1.165) is 17.7 Å². The fourth-order valence-corrected chi connectivity index (χ4v) is 2.05. The highest BCUT2D eigenvalue weighted by atomic mass is 19.3. The highest BCUT2D eigenvalue weighted by Crippen LogP contribution is 2.47. The predicted molar refractivity (Wildman–Crippen MR) is 65.0 cm³/mol. The Balaban J connectivity index is 2.10. The molecule has 0 saturated heterocycles. The van der Waals surface area contributed by atoms with Gasteiger partial charge in [0.1, 0.15) is 5.75 Å². The van der Waals surface area contributed by atoms with Gasteiger partial charge in [0.15, 0.2) is 0 Å². The van der Waals surface area contributed by atoms with Crippen LogP contribution < -0.4 is 4.74 Å². The van der Waals surface area contributed by atoms with Crippen LogP contribution in [0.25, 0.3) is 11.3 Å². The van der Waals surface area contributed by atoms with Gasteiger partial charge in [-0.3, -0.25) is 4.98 Å². The van der Waals surface area contributed by atoms with Gasteiger partial charge in [-0.2, -0.15) is 8.78 Å². The molecule has 0 spiro atoms. The summed E-state index contributed by atoms with van der Waals surface area (Å²) in [6.45, 7) is 1.82. The third kappa shape index (κ3) is 2.56. The second-order valence-electron chi connectivity index (χ2n) is 4.61. The molecule has 3 rings (SSSR count). The standard InChI is InChI=1S/C14H9F4NO2/c1-8-4-5-19-11(6-8)9-2-3-12-10(7-9)13(15,16)21-14(17,18)20-12/h2-7H,1H3. The maximum atomic E-state index is 13.7. The third-order valence-corrected chi connectivity index (χ3v) is 2.98. The first kappa shape index (κ1) is 13.8. The summed E-state index contributed by atoms with van der Waals surface area (Å²) < 4.78 is 60.7. The summed E-state index contributed by atoms with van der Waals surface area (Å²) in [7, 11) is 0. The molecule has 0 radical (unpaired) electrons. The molecule has 7 heteroatoms. The number of halogens is 4. The number of pyridine rings is 1. The van der Waals surface area contributed by atoms with Crippen LogP contribution in [0.2, 0.25) is 0 Å². The number of aromatic nitrogens is 1. The van der Waals surface area contributed by atoms with E-state index in [1.807, 2.05) is 6.92 Å². The van der Waals surface area contributed by atoms with Gasteiger partial charge < -0.3 is 4.74 Å². The SMILES string of the molecule is Cc1ccnc(-c2ccc3c(c2)C(F)(F)OC(F)(F)O3)c1. The topological polar surface area (TPSA) is 31.4 Å².